The molecule has 2 aliphatic carbocycles. The van der Waals surface area contributed by atoms with Crippen LogP contribution >= 0.6 is 0 Å². The van der Waals surface area contributed by atoms with Gasteiger partial charge in [-0.3, -0.25) is 4.79 Å². The number of carbonyl (C=O) groups is 1. The lowest BCUT2D eigenvalue weighted by molar-refractivity contribution is -0.114. The molecule has 0 unspecified atom stereocenters. The summed E-state index contributed by atoms with van der Waals surface area (Å²) in [6.45, 7) is 11.0. The van der Waals surface area contributed by atoms with Gasteiger partial charge in [-0.05, 0) is 41.7 Å². The quantitative estimate of drug-likeness (QED) is 0.278. The monoisotopic (exact) mass is 428 g/mol. The summed E-state index contributed by atoms with van der Waals surface area (Å²) in [6.07, 6.45) is 6.31. The Labute approximate surface area is 190 Å². The Hall–Kier alpha value is -3.14. The van der Waals surface area contributed by atoms with Crippen molar-refractivity contribution in [2.24, 2.45) is 10.9 Å². The van der Waals surface area contributed by atoms with Crippen LogP contribution in [0.3, 0.4) is 0 Å². The van der Waals surface area contributed by atoms with Crippen LogP contribution in [0, 0.1) is 6.92 Å². The smallest absolute Gasteiger partial charge is 0.166 e. The number of benzene rings is 2. The van der Waals surface area contributed by atoms with E-state index in [9.17, 15) is 9.90 Å². The number of nitrogens with two attached hydrogens (primary N) is 1. The Balaban J connectivity index is 1.77. The first-order chi connectivity index (χ1) is 15.0. The molecule has 0 fully saturated rings. The van der Waals surface area contributed by atoms with E-state index in [1.54, 1.807) is 0 Å². The lowest BCUT2D eigenvalue weighted by atomic mass is 9.67. The van der Waals surface area contributed by atoms with E-state index < -0.39 is 0 Å². The van der Waals surface area contributed by atoms with Gasteiger partial charge in [0.15, 0.2) is 5.78 Å². The number of allylic oxidation sites excluding steroid dienone is 4. The van der Waals surface area contributed by atoms with Crippen LogP contribution in [-0.4, -0.2) is 16.6 Å². The molecule has 0 saturated heterocycles. The molecule has 2 aliphatic rings. The van der Waals surface area contributed by atoms with E-state index in [0.29, 0.717) is 30.5 Å². The van der Waals surface area contributed by atoms with Crippen molar-refractivity contribution in [3.05, 3.63) is 87.7 Å². The third-order valence-electron chi connectivity index (χ3n) is 6.89. The van der Waals surface area contributed by atoms with E-state index in [-0.39, 0.29) is 22.4 Å². The van der Waals surface area contributed by atoms with Crippen LogP contribution < -0.4 is 5.84 Å². The maximum atomic E-state index is 12.3. The van der Waals surface area contributed by atoms with Crippen LogP contribution in [0.5, 0.6) is 0 Å². The highest BCUT2D eigenvalue weighted by molar-refractivity contribution is 6.22. The summed E-state index contributed by atoms with van der Waals surface area (Å²) in [6, 6.07) is 12.1. The zero-order valence-corrected chi connectivity index (χ0v) is 19.6. The fraction of sp³-hybridized carbons (Fsp3) is 0.357. The van der Waals surface area contributed by atoms with Crippen LogP contribution in [0.2, 0.25) is 0 Å². The second-order valence-electron chi connectivity index (χ2n) is 10.1. The molecule has 166 valence electrons. The average Bonchev–Trinajstić information content (AvgIpc) is 2.74. The Kier molecular flexibility index (Phi) is 5.36. The van der Waals surface area contributed by atoms with Gasteiger partial charge >= 0.3 is 0 Å². The number of hydrogen-bond donors (Lipinski definition) is 2. The fourth-order valence-electron chi connectivity index (χ4n) is 4.87. The minimum absolute atomic E-state index is 0.00218. The summed E-state index contributed by atoms with van der Waals surface area (Å²) < 4.78 is 0. The second-order valence-corrected chi connectivity index (χ2v) is 10.1. The maximum absolute atomic E-state index is 12.3. The SMILES string of the molecule is Cc1cc2c(cc1/C(=N\N)c1ccc(C3=C(O)CCCC3=O)cc1)C(C)(C)C=CC2(C)C. The van der Waals surface area contributed by atoms with Crippen LogP contribution in [-0.2, 0) is 15.6 Å². The van der Waals surface area contributed by atoms with E-state index in [0.717, 1.165) is 22.3 Å². The summed E-state index contributed by atoms with van der Waals surface area (Å²) in [7, 11) is 0. The first-order valence-corrected chi connectivity index (χ1v) is 11.3. The summed E-state index contributed by atoms with van der Waals surface area (Å²) in [4.78, 5) is 12.3. The molecule has 32 heavy (non-hydrogen) atoms. The highest BCUT2D eigenvalue weighted by Crippen LogP contribution is 2.42. The third-order valence-corrected chi connectivity index (χ3v) is 6.89. The predicted molar refractivity (Wildman–Crippen MR) is 131 cm³/mol. The van der Waals surface area contributed by atoms with Crippen LogP contribution in [0.4, 0.5) is 0 Å². The van der Waals surface area contributed by atoms with Gasteiger partial charge in [-0.15, -0.1) is 0 Å². The van der Waals surface area contributed by atoms with Crippen molar-refractivity contribution in [2.75, 3.05) is 0 Å². The number of fused-ring (bicyclic) bond motifs is 1. The largest absolute Gasteiger partial charge is 0.512 e. The van der Waals surface area contributed by atoms with Gasteiger partial charge in [-0.2, -0.15) is 5.10 Å². The number of hydrazone groups is 1. The highest BCUT2D eigenvalue weighted by atomic mass is 16.3. The van der Waals surface area contributed by atoms with Crippen molar-refractivity contribution in [1.29, 1.82) is 0 Å². The molecule has 0 atom stereocenters. The summed E-state index contributed by atoms with van der Waals surface area (Å²) in [5, 5.41) is 14.4. The van der Waals surface area contributed by atoms with Gasteiger partial charge in [0.25, 0.3) is 0 Å². The number of rotatable bonds is 3. The molecule has 0 radical (unpaired) electrons. The summed E-state index contributed by atoms with van der Waals surface area (Å²) in [5.74, 6) is 6.08. The van der Waals surface area contributed by atoms with Gasteiger partial charge in [-0.1, -0.05) is 70.2 Å². The summed E-state index contributed by atoms with van der Waals surface area (Å²) >= 11 is 0. The topological polar surface area (TPSA) is 75.7 Å². The molecule has 0 aliphatic heterocycles. The fourth-order valence-corrected chi connectivity index (χ4v) is 4.87. The van der Waals surface area contributed by atoms with Gasteiger partial charge in [0.05, 0.1) is 11.3 Å². The lowest BCUT2D eigenvalue weighted by Crippen LogP contribution is -2.30. The van der Waals surface area contributed by atoms with Crippen molar-refractivity contribution in [3.8, 4) is 0 Å². The molecular formula is C28H32N2O2. The minimum Gasteiger partial charge on any atom is -0.512 e. The number of nitrogens with zero attached hydrogens (tertiary/aromatic N) is 1. The summed E-state index contributed by atoms with van der Waals surface area (Å²) in [5.41, 5.74) is 7.41. The van der Waals surface area contributed by atoms with Gasteiger partial charge in [0.1, 0.15) is 5.76 Å². The molecule has 0 aromatic heterocycles. The van der Waals surface area contributed by atoms with Crippen LogP contribution in [0.25, 0.3) is 5.57 Å². The molecule has 2 aromatic carbocycles. The number of aliphatic hydroxyl groups excluding tert-OH is 1. The maximum Gasteiger partial charge on any atom is 0.166 e. The molecule has 0 saturated carbocycles. The van der Waals surface area contributed by atoms with E-state index in [4.69, 9.17) is 5.84 Å². The molecule has 4 rings (SSSR count). The first-order valence-electron chi connectivity index (χ1n) is 11.3. The molecule has 3 N–H and O–H groups in total. The van der Waals surface area contributed by atoms with E-state index in [1.165, 1.54) is 11.1 Å². The lowest BCUT2D eigenvalue weighted by Gasteiger charge is -2.37. The third kappa shape index (κ3) is 3.68. The van der Waals surface area contributed by atoms with Crippen LogP contribution in [0.1, 0.15) is 80.3 Å². The second kappa shape index (κ2) is 7.77. The highest BCUT2D eigenvalue weighted by Gasteiger charge is 2.33. The zero-order chi connectivity index (χ0) is 23.3. The zero-order valence-electron chi connectivity index (χ0n) is 19.6. The Morgan fingerprint density at radius 2 is 1.56 bits per heavy atom. The Bertz CT molecular complexity index is 1180. The molecule has 2 aromatic rings. The number of Topliss-reactive ketones (excluding diaryl/α,β-unsaturated/α-hetero) is 1. The predicted octanol–water partition coefficient (Wildman–Crippen LogP) is 5.85. The number of aryl methyl sites for hydroxylation is 1. The van der Waals surface area contributed by atoms with Gasteiger partial charge in [-0.25, -0.2) is 0 Å². The molecule has 4 nitrogen and oxygen atoms in total. The van der Waals surface area contributed by atoms with Crippen molar-refractivity contribution in [3.63, 3.8) is 0 Å². The number of carbonyl (C=O) groups excluding carboxylic acids is 1. The average molecular weight is 429 g/mol. The Morgan fingerprint density at radius 1 is 0.969 bits per heavy atom. The Morgan fingerprint density at radius 3 is 2.12 bits per heavy atom. The van der Waals surface area contributed by atoms with Crippen molar-refractivity contribution in [2.45, 2.75) is 64.7 Å². The van der Waals surface area contributed by atoms with E-state index >= 15 is 0 Å². The van der Waals surface area contributed by atoms with Crippen LogP contribution in [0.15, 0.2) is 59.4 Å². The normalized spacial score (nSPS) is 19.8. The standard InChI is InChI=1S/C28H32N2O2/c1-17-15-21-22(28(4,5)14-13-27(21,2)3)16-20(17)26(30-29)19-11-9-18(10-12-19)25-23(31)7-6-8-24(25)32/h9-16,31H,6-8,29H2,1-5H3/b30-26-. The first kappa shape index (κ1) is 22.1. The van der Waals surface area contributed by atoms with Crippen molar-refractivity contribution in [1.82, 2.24) is 0 Å². The van der Waals surface area contributed by atoms with Crippen molar-refractivity contribution < 1.29 is 9.90 Å². The molecule has 0 bridgehead atoms. The molecule has 0 amide bonds. The number of ketones is 1. The minimum atomic E-state index is -0.0811. The molecule has 0 spiro atoms. The van der Waals surface area contributed by atoms with Gasteiger partial charge < -0.3 is 10.9 Å². The molecule has 0 heterocycles. The van der Waals surface area contributed by atoms with Gasteiger partial charge in [0.2, 0.25) is 0 Å². The van der Waals surface area contributed by atoms with E-state index in [2.05, 4.69) is 64.0 Å². The van der Waals surface area contributed by atoms with Crippen molar-refractivity contribution >= 4 is 17.1 Å². The molecule has 4 heteroatoms. The number of aliphatic hydroxyl groups is 1. The molecular weight excluding hydrogens is 396 g/mol. The number of hydrogen-bond acceptors (Lipinski definition) is 4. The van der Waals surface area contributed by atoms with Gasteiger partial charge in [0, 0.05) is 34.8 Å². The van der Waals surface area contributed by atoms with E-state index in [1.807, 2.05) is 24.3 Å².